The van der Waals surface area contributed by atoms with Crippen LogP contribution in [-0.4, -0.2) is 13.1 Å². The number of halogens is 1. The van der Waals surface area contributed by atoms with Gasteiger partial charge in [-0.3, -0.25) is 0 Å². The van der Waals surface area contributed by atoms with Crippen molar-refractivity contribution in [1.29, 1.82) is 0 Å². The van der Waals surface area contributed by atoms with Gasteiger partial charge in [-0.1, -0.05) is 35.8 Å². The van der Waals surface area contributed by atoms with Crippen LogP contribution in [0.2, 0.25) is 0 Å². The number of benzene rings is 1. The molecule has 2 nitrogen and oxygen atoms in total. The Morgan fingerprint density at radius 1 is 1.41 bits per heavy atom. The largest absolute Gasteiger partial charge is 0.371 e. The van der Waals surface area contributed by atoms with Crippen LogP contribution in [-0.2, 0) is 0 Å². The van der Waals surface area contributed by atoms with Crippen LogP contribution in [0.3, 0.4) is 0 Å². The summed E-state index contributed by atoms with van der Waals surface area (Å²) in [6.45, 7) is 8.95. The smallest absolute Gasteiger partial charge is 0.0426 e. The van der Waals surface area contributed by atoms with Gasteiger partial charge in [-0.15, -0.1) is 0 Å². The van der Waals surface area contributed by atoms with Crippen molar-refractivity contribution in [2.45, 2.75) is 33.2 Å². The van der Waals surface area contributed by atoms with Gasteiger partial charge in [0.15, 0.2) is 0 Å². The van der Waals surface area contributed by atoms with Gasteiger partial charge in [0, 0.05) is 29.3 Å². The normalized spacial score (nSPS) is 20.6. The van der Waals surface area contributed by atoms with E-state index in [-0.39, 0.29) is 6.04 Å². The highest BCUT2D eigenvalue weighted by atomic mass is 79.9. The van der Waals surface area contributed by atoms with Gasteiger partial charge in [-0.05, 0) is 36.5 Å². The summed E-state index contributed by atoms with van der Waals surface area (Å²) < 4.78 is 1.13. The lowest BCUT2D eigenvalue weighted by atomic mass is 9.93. The summed E-state index contributed by atoms with van der Waals surface area (Å²) in [4.78, 5) is 2.46. The molecule has 1 aromatic carbocycles. The zero-order valence-electron chi connectivity index (χ0n) is 10.8. The number of rotatable bonds is 2. The lowest BCUT2D eigenvalue weighted by molar-refractivity contribution is 0.418. The van der Waals surface area contributed by atoms with Crippen LogP contribution >= 0.6 is 15.9 Å². The van der Waals surface area contributed by atoms with E-state index in [0.717, 1.165) is 17.6 Å². The standard InChI is InChI=1S/C14H21BrN2/c1-10(16)12-5-4-11(15)8-13(12)17-7-6-14(2,3)9-17/h4-5,8,10H,6-7,9,16H2,1-3H3. The van der Waals surface area contributed by atoms with Gasteiger partial charge < -0.3 is 10.6 Å². The Balaban J connectivity index is 2.34. The van der Waals surface area contributed by atoms with Gasteiger partial charge in [0.05, 0.1) is 0 Å². The maximum Gasteiger partial charge on any atom is 0.0426 e. The van der Waals surface area contributed by atoms with Crippen molar-refractivity contribution < 1.29 is 0 Å². The Hall–Kier alpha value is -0.540. The number of hydrogen-bond donors (Lipinski definition) is 1. The van der Waals surface area contributed by atoms with Crippen LogP contribution in [0.4, 0.5) is 5.69 Å². The minimum atomic E-state index is 0.0850. The minimum absolute atomic E-state index is 0.0850. The van der Waals surface area contributed by atoms with E-state index in [0.29, 0.717) is 5.41 Å². The van der Waals surface area contributed by atoms with Gasteiger partial charge in [-0.25, -0.2) is 0 Å². The first-order valence-electron chi connectivity index (χ1n) is 6.19. The second-order valence-electron chi connectivity index (χ2n) is 5.83. The summed E-state index contributed by atoms with van der Waals surface area (Å²) in [5.74, 6) is 0. The second kappa shape index (κ2) is 4.62. The molecular formula is C14H21BrN2. The molecule has 1 aliphatic heterocycles. The molecule has 0 aliphatic carbocycles. The van der Waals surface area contributed by atoms with E-state index in [2.05, 4.69) is 52.9 Å². The Kier molecular flexibility index (Phi) is 3.50. The summed E-state index contributed by atoms with van der Waals surface area (Å²) in [5, 5.41) is 0. The molecule has 0 amide bonds. The summed E-state index contributed by atoms with van der Waals surface area (Å²) in [7, 11) is 0. The first kappa shape index (κ1) is 12.9. The molecule has 0 saturated carbocycles. The van der Waals surface area contributed by atoms with Crippen LogP contribution in [0.5, 0.6) is 0 Å². The van der Waals surface area contributed by atoms with E-state index in [4.69, 9.17) is 5.73 Å². The number of nitrogens with two attached hydrogens (primary N) is 1. The first-order chi connectivity index (χ1) is 7.89. The maximum atomic E-state index is 6.06. The summed E-state index contributed by atoms with van der Waals surface area (Å²) in [6.07, 6.45) is 1.25. The van der Waals surface area contributed by atoms with Crippen LogP contribution in [0.15, 0.2) is 22.7 Å². The predicted octanol–water partition coefficient (Wildman–Crippen LogP) is 3.71. The molecule has 1 saturated heterocycles. The van der Waals surface area contributed by atoms with Gasteiger partial charge in [-0.2, -0.15) is 0 Å². The SMILES string of the molecule is CC(N)c1ccc(Br)cc1N1CCC(C)(C)C1. The third-order valence-corrected chi connectivity index (χ3v) is 3.99. The Morgan fingerprint density at radius 2 is 2.12 bits per heavy atom. The summed E-state index contributed by atoms with van der Waals surface area (Å²) in [5.41, 5.74) is 9.01. The highest BCUT2D eigenvalue weighted by Crippen LogP contribution is 2.36. The topological polar surface area (TPSA) is 29.3 Å². The van der Waals surface area contributed by atoms with E-state index in [1.165, 1.54) is 17.7 Å². The quantitative estimate of drug-likeness (QED) is 0.901. The molecule has 0 aromatic heterocycles. The monoisotopic (exact) mass is 296 g/mol. The highest BCUT2D eigenvalue weighted by Gasteiger charge is 2.30. The van der Waals surface area contributed by atoms with Crippen LogP contribution in [0.1, 0.15) is 38.8 Å². The Bertz CT molecular complexity index is 413. The molecule has 1 atom stereocenters. The fourth-order valence-corrected chi connectivity index (χ4v) is 2.84. The number of nitrogens with zero attached hydrogens (tertiary/aromatic N) is 1. The third kappa shape index (κ3) is 2.83. The zero-order chi connectivity index (χ0) is 12.6. The first-order valence-corrected chi connectivity index (χ1v) is 6.98. The molecule has 1 unspecified atom stereocenters. The van der Waals surface area contributed by atoms with E-state index in [1.807, 2.05) is 6.92 Å². The van der Waals surface area contributed by atoms with Gasteiger partial charge in [0.2, 0.25) is 0 Å². The molecule has 0 bridgehead atoms. The molecule has 1 heterocycles. The van der Waals surface area contributed by atoms with Crippen LogP contribution in [0.25, 0.3) is 0 Å². The summed E-state index contributed by atoms with van der Waals surface area (Å²) >= 11 is 3.55. The highest BCUT2D eigenvalue weighted by molar-refractivity contribution is 9.10. The van der Waals surface area contributed by atoms with Gasteiger partial charge in [0.1, 0.15) is 0 Å². The molecule has 1 aliphatic rings. The Morgan fingerprint density at radius 3 is 2.65 bits per heavy atom. The van der Waals surface area contributed by atoms with Crippen molar-refractivity contribution in [3.63, 3.8) is 0 Å². The van der Waals surface area contributed by atoms with Crippen LogP contribution < -0.4 is 10.6 Å². The minimum Gasteiger partial charge on any atom is -0.371 e. The molecule has 2 N–H and O–H groups in total. The molecule has 0 radical (unpaired) electrons. The van der Waals surface area contributed by atoms with E-state index in [1.54, 1.807) is 0 Å². The van der Waals surface area contributed by atoms with Crippen molar-refractivity contribution in [2.24, 2.45) is 11.1 Å². The second-order valence-corrected chi connectivity index (χ2v) is 6.74. The molecule has 0 spiro atoms. The average molecular weight is 297 g/mol. The summed E-state index contributed by atoms with van der Waals surface area (Å²) in [6, 6.07) is 6.49. The maximum absolute atomic E-state index is 6.06. The molecular weight excluding hydrogens is 276 g/mol. The average Bonchev–Trinajstić information content (AvgIpc) is 2.58. The van der Waals surface area contributed by atoms with Crippen molar-refractivity contribution in [1.82, 2.24) is 0 Å². The molecule has 17 heavy (non-hydrogen) atoms. The molecule has 1 aromatic rings. The number of anilines is 1. The molecule has 1 fully saturated rings. The zero-order valence-corrected chi connectivity index (χ0v) is 12.4. The van der Waals surface area contributed by atoms with Gasteiger partial charge in [0.25, 0.3) is 0 Å². The molecule has 94 valence electrons. The van der Waals surface area contributed by atoms with E-state index in [9.17, 15) is 0 Å². The third-order valence-electron chi connectivity index (χ3n) is 3.50. The predicted molar refractivity (Wildman–Crippen MR) is 77.4 cm³/mol. The van der Waals surface area contributed by atoms with Crippen molar-refractivity contribution in [3.8, 4) is 0 Å². The van der Waals surface area contributed by atoms with Gasteiger partial charge >= 0.3 is 0 Å². The molecule has 2 rings (SSSR count). The van der Waals surface area contributed by atoms with Crippen molar-refractivity contribution in [3.05, 3.63) is 28.2 Å². The van der Waals surface area contributed by atoms with Crippen molar-refractivity contribution in [2.75, 3.05) is 18.0 Å². The lowest BCUT2D eigenvalue weighted by Gasteiger charge is -2.25. The van der Waals surface area contributed by atoms with E-state index >= 15 is 0 Å². The fraction of sp³-hybridized carbons (Fsp3) is 0.571. The van der Waals surface area contributed by atoms with E-state index < -0.39 is 0 Å². The molecule has 3 heteroatoms. The fourth-order valence-electron chi connectivity index (χ4n) is 2.49. The lowest BCUT2D eigenvalue weighted by Crippen LogP contribution is -2.25. The number of hydrogen-bond acceptors (Lipinski definition) is 2. The Labute approximate surface area is 112 Å². The van der Waals surface area contributed by atoms with Crippen molar-refractivity contribution >= 4 is 21.6 Å². The van der Waals surface area contributed by atoms with Crippen LogP contribution in [0, 0.1) is 5.41 Å².